The van der Waals surface area contributed by atoms with E-state index < -0.39 is 17.9 Å². The molecule has 1 aliphatic carbocycles. The number of likely N-dealkylation sites (tertiary alicyclic amines) is 1. The van der Waals surface area contributed by atoms with Crippen LogP contribution in [0.5, 0.6) is 17.5 Å². The summed E-state index contributed by atoms with van der Waals surface area (Å²) in [7, 11) is 0. The van der Waals surface area contributed by atoms with Crippen LogP contribution < -0.4 is 14.8 Å². The third-order valence-electron chi connectivity index (χ3n) is 5.70. The maximum atomic E-state index is 14.0. The molecule has 2 aliphatic rings. The van der Waals surface area contributed by atoms with E-state index in [9.17, 15) is 22.8 Å². The summed E-state index contributed by atoms with van der Waals surface area (Å²) in [5.41, 5.74) is 0. The predicted octanol–water partition coefficient (Wildman–Crippen LogP) is 4.29. The summed E-state index contributed by atoms with van der Waals surface area (Å²) < 4.78 is 61.8. The number of nitrogens with one attached hydrogen (secondary N) is 1. The molecule has 32 heavy (non-hydrogen) atoms. The number of nitrogens with zero attached hydrogens (tertiary/aromatic N) is 5. The molecular weight excluding hydrogens is 432 g/mol. The molecule has 1 saturated heterocycles. The molecule has 0 amide bonds. The SMILES string of the molecule is CC(C)n1nc(N[C@H]2[C@@H]3CC[C@H]2CN(C#N)C3)nc1Oc1ccc(OC(F)(F)F)c(F)c1. The van der Waals surface area contributed by atoms with Crippen LogP contribution in [0.2, 0.25) is 0 Å². The molecular formula is C20H22F4N6O2. The third kappa shape index (κ3) is 4.66. The van der Waals surface area contributed by atoms with Gasteiger partial charge in [0.1, 0.15) is 5.75 Å². The second-order valence-electron chi connectivity index (χ2n) is 8.27. The van der Waals surface area contributed by atoms with Crippen molar-refractivity contribution < 1.29 is 27.0 Å². The first-order valence-electron chi connectivity index (χ1n) is 10.2. The van der Waals surface area contributed by atoms with Gasteiger partial charge in [-0.3, -0.25) is 0 Å². The molecule has 1 N–H and O–H groups in total. The first-order chi connectivity index (χ1) is 15.1. The summed E-state index contributed by atoms with van der Waals surface area (Å²) in [4.78, 5) is 6.15. The molecule has 1 saturated carbocycles. The van der Waals surface area contributed by atoms with Crippen molar-refractivity contribution in [3.8, 4) is 23.7 Å². The number of benzene rings is 1. The molecule has 0 spiro atoms. The van der Waals surface area contributed by atoms with E-state index >= 15 is 0 Å². The van der Waals surface area contributed by atoms with Gasteiger partial charge < -0.3 is 19.7 Å². The molecule has 3 atom stereocenters. The monoisotopic (exact) mass is 454 g/mol. The van der Waals surface area contributed by atoms with E-state index in [1.54, 1.807) is 4.90 Å². The highest BCUT2D eigenvalue weighted by molar-refractivity contribution is 5.36. The first-order valence-corrected chi connectivity index (χ1v) is 10.2. The van der Waals surface area contributed by atoms with Gasteiger partial charge in [0.05, 0.1) is 6.04 Å². The van der Waals surface area contributed by atoms with Gasteiger partial charge in [0.25, 0.3) is 0 Å². The van der Waals surface area contributed by atoms with E-state index in [-0.39, 0.29) is 23.8 Å². The second-order valence-corrected chi connectivity index (χ2v) is 8.27. The largest absolute Gasteiger partial charge is 0.573 e. The van der Waals surface area contributed by atoms with Crippen LogP contribution in [-0.2, 0) is 0 Å². The van der Waals surface area contributed by atoms with Gasteiger partial charge in [-0.2, -0.15) is 10.2 Å². The van der Waals surface area contributed by atoms with Gasteiger partial charge in [-0.15, -0.1) is 18.3 Å². The molecule has 0 radical (unpaired) electrons. The van der Waals surface area contributed by atoms with Crippen LogP contribution in [0.3, 0.4) is 0 Å². The normalized spacial score (nSPS) is 22.7. The summed E-state index contributed by atoms with van der Waals surface area (Å²) in [6.07, 6.45) is -0.753. The first kappa shape index (κ1) is 22.0. The van der Waals surface area contributed by atoms with Gasteiger partial charge in [-0.1, -0.05) is 0 Å². The van der Waals surface area contributed by atoms with Crippen molar-refractivity contribution in [2.24, 2.45) is 11.8 Å². The van der Waals surface area contributed by atoms with Crippen molar-refractivity contribution in [1.82, 2.24) is 19.7 Å². The van der Waals surface area contributed by atoms with Crippen molar-refractivity contribution in [2.45, 2.75) is 45.1 Å². The number of hydrogen-bond donors (Lipinski definition) is 1. The zero-order valence-corrected chi connectivity index (χ0v) is 17.4. The maximum Gasteiger partial charge on any atom is 0.573 e. The number of hydrogen-bond acceptors (Lipinski definition) is 7. The highest BCUT2D eigenvalue weighted by atomic mass is 19.4. The van der Waals surface area contributed by atoms with Crippen molar-refractivity contribution in [3.63, 3.8) is 0 Å². The van der Waals surface area contributed by atoms with Crippen LogP contribution in [0.25, 0.3) is 0 Å². The van der Waals surface area contributed by atoms with E-state index in [4.69, 9.17) is 4.74 Å². The molecule has 4 rings (SSSR count). The number of halogens is 4. The van der Waals surface area contributed by atoms with Gasteiger partial charge in [0, 0.05) is 25.2 Å². The van der Waals surface area contributed by atoms with Crippen LogP contribution in [-0.4, -0.2) is 45.2 Å². The third-order valence-corrected chi connectivity index (χ3v) is 5.70. The van der Waals surface area contributed by atoms with Gasteiger partial charge >= 0.3 is 12.4 Å². The quantitative estimate of drug-likeness (QED) is 0.515. The molecule has 0 unspecified atom stereocenters. The fraction of sp³-hybridized carbons (Fsp3) is 0.550. The lowest BCUT2D eigenvalue weighted by Crippen LogP contribution is -2.46. The minimum atomic E-state index is -5.00. The number of rotatable bonds is 6. The Balaban J connectivity index is 1.51. The molecule has 2 bridgehead atoms. The number of fused-ring (bicyclic) bond motifs is 2. The van der Waals surface area contributed by atoms with Crippen LogP contribution in [0, 0.1) is 29.1 Å². The lowest BCUT2D eigenvalue weighted by Gasteiger charge is -2.35. The van der Waals surface area contributed by atoms with Gasteiger partial charge in [-0.05, 0) is 50.7 Å². The van der Waals surface area contributed by atoms with Crippen molar-refractivity contribution in [2.75, 3.05) is 18.4 Å². The number of anilines is 1. The number of alkyl halides is 3. The van der Waals surface area contributed by atoms with Crippen LogP contribution in [0.15, 0.2) is 18.2 Å². The number of nitriles is 1. The molecule has 172 valence electrons. The summed E-state index contributed by atoms with van der Waals surface area (Å²) in [6.45, 7) is 5.09. The van der Waals surface area contributed by atoms with Crippen LogP contribution in [0.4, 0.5) is 23.5 Å². The lowest BCUT2D eigenvalue weighted by atomic mass is 9.92. The van der Waals surface area contributed by atoms with Crippen molar-refractivity contribution in [3.05, 3.63) is 24.0 Å². The topological polar surface area (TPSA) is 88.2 Å². The molecule has 1 aromatic heterocycles. The van der Waals surface area contributed by atoms with Gasteiger partial charge in [-0.25, -0.2) is 9.07 Å². The molecule has 2 aromatic rings. The predicted molar refractivity (Wildman–Crippen MR) is 104 cm³/mol. The Bertz CT molecular complexity index is 1000. The van der Waals surface area contributed by atoms with Crippen molar-refractivity contribution >= 4 is 5.95 Å². The lowest BCUT2D eigenvalue weighted by molar-refractivity contribution is -0.275. The molecule has 1 aromatic carbocycles. The molecule has 8 nitrogen and oxygen atoms in total. The fourth-order valence-electron chi connectivity index (χ4n) is 4.32. The van der Waals surface area contributed by atoms with E-state index in [0.717, 1.165) is 31.0 Å². The summed E-state index contributed by atoms with van der Waals surface area (Å²) in [6, 6.07) is 2.87. The number of aromatic nitrogens is 3. The smallest absolute Gasteiger partial charge is 0.424 e. The zero-order valence-electron chi connectivity index (χ0n) is 17.4. The number of ether oxygens (including phenoxy) is 2. The van der Waals surface area contributed by atoms with E-state index in [2.05, 4.69) is 26.3 Å². The average molecular weight is 454 g/mol. The molecule has 2 heterocycles. The Morgan fingerprint density at radius 1 is 1.22 bits per heavy atom. The summed E-state index contributed by atoms with van der Waals surface area (Å²) in [5, 5.41) is 17.0. The van der Waals surface area contributed by atoms with Crippen molar-refractivity contribution in [1.29, 1.82) is 5.26 Å². The van der Waals surface area contributed by atoms with E-state index in [1.165, 1.54) is 4.68 Å². The highest BCUT2D eigenvalue weighted by Gasteiger charge is 2.42. The maximum absolute atomic E-state index is 14.0. The van der Waals surface area contributed by atoms with Gasteiger partial charge in [0.15, 0.2) is 17.8 Å². The van der Waals surface area contributed by atoms with Gasteiger partial charge in [0.2, 0.25) is 5.95 Å². The average Bonchev–Trinajstić information content (AvgIpc) is 3.19. The zero-order chi connectivity index (χ0) is 23.0. The Morgan fingerprint density at radius 3 is 2.47 bits per heavy atom. The summed E-state index contributed by atoms with van der Waals surface area (Å²) >= 11 is 0. The number of piperidine rings is 1. The second kappa shape index (κ2) is 8.37. The van der Waals surface area contributed by atoms with Crippen LogP contribution >= 0.6 is 0 Å². The summed E-state index contributed by atoms with van der Waals surface area (Å²) in [5.74, 6) is -1.25. The molecule has 12 heteroatoms. The Hall–Kier alpha value is -3.23. The minimum Gasteiger partial charge on any atom is -0.424 e. The highest BCUT2D eigenvalue weighted by Crippen LogP contribution is 2.38. The standard InChI is InChI=1S/C20H22F4N6O2/c1-11(2)30-19(31-14-5-6-16(15(21)7-14)32-20(22,23)24)27-18(28-30)26-17-12-3-4-13(17)9-29(8-12)10-25/h5-7,11-13,17H,3-4,8-9H2,1-2H3,(H,26,28)/t12-,13+,17+. The Morgan fingerprint density at radius 2 is 1.91 bits per heavy atom. The Labute approximate surface area is 181 Å². The Kier molecular flexibility index (Phi) is 5.75. The van der Waals surface area contributed by atoms with E-state index in [0.29, 0.717) is 30.9 Å². The minimum absolute atomic E-state index is 0.0414. The fourth-order valence-corrected chi connectivity index (χ4v) is 4.32. The van der Waals surface area contributed by atoms with Crippen LogP contribution in [0.1, 0.15) is 32.7 Å². The molecule has 2 fully saturated rings. The van der Waals surface area contributed by atoms with E-state index in [1.807, 2.05) is 13.8 Å². The molecule has 1 aliphatic heterocycles.